The largest absolute Gasteiger partial charge is 0.497 e. The third-order valence-electron chi connectivity index (χ3n) is 3.00. The molecule has 5 heteroatoms. The lowest BCUT2D eigenvalue weighted by molar-refractivity contribution is 0.394. The van der Waals surface area contributed by atoms with Gasteiger partial charge in [-0.15, -0.1) is 0 Å². The molecular formula is C15H12INO3. The molecule has 0 radical (unpaired) electrons. The zero-order chi connectivity index (χ0) is 14.1. The van der Waals surface area contributed by atoms with Gasteiger partial charge in [0.15, 0.2) is 11.3 Å². The Hall–Kier alpha value is -1.76. The Morgan fingerprint density at radius 3 is 2.40 bits per heavy atom. The molecular weight excluding hydrogens is 369 g/mol. The lowest BCUT2D eigenvalue weighted by Crippen LogP contribution is -1.89. The van der Waals surface area contributed by atoms with Crippen LogP contribution in [0.5, 0.6) is 11.5 Å². The molecule has 0 amide bonds. The van der Waals surface area contributed by atoms with Crippen LogP contribution in [0, 0.1) is 3.57 Å². The first-order valence-corrected chi connectivity index (χ1v) is 7.07. The molecule has 0 unspecified atom stereocenters. The Morgan fingerprint density at radius 1 is 1.10 bits per heavy atom. The highest BCUT2D eigenvalue weighted by molar-refractivity contribution is 14.1. The third kappa shape index (κ3) is 2.22. The van der Waals surface area contributed by atoms with Gasteiger partial charge < -0.3 is 13.9 Å². The Labute approximate surface area is 129 Å². The van der Waals surface area contributed by atoms with Crippen molar-refractivity contribution in [1.82, 2.24) is 4.98 Å². The van der Waals surface area contributed by atoms with Crippen LogP contribution >= 0.6 is 22.6 Å². The number of halogens is 1. The Balaban J connectivity index is 2.22. The number of hydrogen-bond donors (Lipinski definition) is 0. The SMILES string of the molecule is COc1cc(OC)cc(-c2oc3cccnc3c2I)c1. The van der Waals surface area contributed by atoms with Crippen LogP contribution in [0.15, 0.2) is 40.9 Å². The maximum atomic E-state index is 5.90. The summed E-state index contributed by atoms with van der Waals surface area (Å²) < 4.78 is 17.5. The number of methoxy groups -OCH3 is 2. The number of aromatic nitrogens is 1. The van der Waals surface area contributed by atoms with Crippen LogP contribution in [0.2, 0.25) is 0 Å². The number of pyridine rings is 1. The predicted octanol–water partition coefficient (Wildman–Crippen LogP) is 4.12. The molecule has 2 heterocycles. The molecule has 0 N–H and O–H groups in total. The second-order valence-corrected chi connectivity index (χ2v) is 5.28. The molecule has 2 aromatic heterocycles. The first-order valence-electron chi connectivity index (χ1n) is 5.99. The first kappa shape index (κ1) is 13.2. The van der Waals surface area contributed by atoms with Crippen LogP contribution in [0.25, 0.3) is 22.4 Å². The predicted molar refractivity (Wildman–Crippen MR) is 85.3 cm³/mol. The minimum Gasteiger partial charge on any atom is -0.497 e. The fourth-order valence-electron chi connectivity index (χ4n) is 2.02. The van der Waals surface area contributed by atoms with Crippen molar-refractivity contribution >= 4 is 33.7 Å². The molecule has 0 fully saturated rings. The van der Waals surface area contributed by atoms with Gasteiger partial charge in [0.1, 0.15) is 17.0 Å². The van der Waals surface area contributed by atoms with Gasteiger partial charge in [-0.1, -0.05) is 0 Å². The monoisotopic (exact) mass is 381 g/mol. The zero-order valence-electron chi connectivity index (χ0n) is 11.0. The van der Waals surface area contributed by atoms with Gasteiger partial charge in [0, 0.05) is 17.8 Å². The number of furan rings is 1. The van der Waals surface area contributed by atoms with E-state index < -0.39 is 0 Å². The van der Waals surface area contributed by atoms with Crippen molar-refractivity contribution < 1.29 is 13.9 Å². The minimum atomic E-state index is 0.726. The second kappa shape index (κ2) is 5.32. The van der Waals surface area contributed by atoms with Crippen molar-refractivity contribution in [2.24, 2.45) is 0 Å². The van der Waals surface area contributed by atoms with Crippen LogP contribution in [0.1, 0.15) is 0 Å². The van der Waals surface area contributed by atoms with E-state index in [1.807, 2.05) is 30.3 Å². The van der Waals surface area contributed by atoms with Crippen molar-refractivity contribution in [1.29, 1.82) is 0 Å². The maximum absolute atomic E-state index is 5.90. The van der Waals surface area contributed by atoms with Gasteiger partial charge in [0.2, 0.25) is 0 Å². The molecule has 0 atom stereocenters. The van der Waals surface area contributed by atoms with Crippen molar-refractivity contribution in [3.63, 3.8) is 0 Å². The van der Waals surface area contributed by atoms with E-state index in [2.05, 4.69) is 27.6 Å². The molecule has 1 aromatic carbocycles. The van der Waals surface area contributed by atoms with Crippen LogP contribution in [0.4, 0.5) is 0 Å². The molecule has 20 heavy (non-hydrogen) atoms. The maximum Gasteiger partial charge on any atom is 0.154 e. The third-order valence-corrected chi connectivity index (χ3v) is 4.00. The summed E-state index contributed by atoms with van der Waals surface area (Å²) in [6.07, 6.45) is 1.76. The molecule has 0 saturated carbocycles. The van der Waals surface area contributed by atoms with E-state index in [1.165, 1.54) is 0 Å². The fourth-order valence-corrected chi connectivity index (χ4v) is 2.85. The van der Waals surface area contributed by atoms with Crippen LogP contribution < -0.4 is 9.47 Å². The lowest BCUT2D eigenvalue weighted by atomic mass is 10.1. The van der Waals surface area contributed by atoms with Crippen molar-refractivity contribution in [3.8, 4) is 22.8 Å². The van der Waals surface area contributed by atoms with Crippen LogP contribution in [-0.4, -0.2) is 19.2 Å². The number of ether oxygens (including phenoxy) is 2. The average Bonchev–Trinajstić information content (AvgIpc) is 2.84. The minimum absolute atomic E-state index is 0.726. The summed E-state index contributed by atoms with van der Waals surface area (Å²) in [7, 11) is 3.26. The highest BCUT2D eigenvalue weighted by Gasteiger charge is 2.16. The van der Waals surface area contributed by atoms with E-state index in [1.54, 1.807) is 20.4 Å². The normalized spacial score (nSPS) is 10.8. The molecule has 3 aromatic rings. The van der Waals surface area contributed by atoms with Crippen molar-refractivity contribution in [2.75, 3.05) is 14.2 Å². The van der Waals surface area contributed by atoms with Gasteiger partial charge >= 0.3 is 0 Å². The fraction of sp³-hybridized carbons (Fsp3) is 0.133. The zero-order valence-corrected chi connectivity index (χ0v) is 13.2. The van der Waals surface area contributed by atoms with Crippen LogP contribution in [0.3, 0.4) is 0 Å². The summed E-state index contributed by atoms with van der Waals surface area (Å²) in [5, 5.41) is 0. The van der Waals surface area contributed by atoms with Gasteiger partial charge in [0.25, 0.3) is 0 Å². The summed E-state index contributed by atoms with van der Waals surface area (Å²) >= 11 is 2.25. The van der Waals surface area contributed by atoms with E-state index in [9.17, 15) is 0 Å². The Kier molecular flexibility index (Phi) is 3.52. The van der Waals surface area contributed by atoms with E-state index in [4.69, 9.17) is 13.9 Å². The quantitative estimate of drug-likeness (QED) is 0.641. The highest BCUT2D eigenvalue weighted by atomic mass is 127. The summed E-state index contributed by atoms with van der Waals surface area (Å²) in [4.78, 5) is 4.35. The Bertz CT molecular complexity index is 745. The van der Waals surface area contributed by atoms with Gasteiger partial charge in [-0.3, -0.25) is 4.98 Å². The highest BCUT2D eigenvalue weighted by Crippen LogP contribution is 2.36. The number of fused-ring (bicyclic) bond motifs is 1. The van der Waals surface area contributed by atoms with E-state index in [0.717, 1.165) is 37.5 Å². The molecule has 0 bridgehead atoms. The van der Waals surface area contributed by atoms with Gasteiger partial charge in [-0.05, 0) is 46.9 Å². The smallest absolute Gasteiger partial charge is 0.154 e. The van der Waals surface area contributed by atoms with Gasteiger partial charge in [-0.25, -0.2) is 0 Å². The number of nitrogens with zero attached hydrogens (tertiary/aromatic N) is 1. The molecule has 102 valence electrons. The summed E-state index contributed by atoms with van der Waals surface area (Å²) in [6, 6.07) is 9.44. The van der Waals surface area contributed by atoms with E-state index in [0.29, 0.717) is 0 Å². The van der Waals surface area contributed by atoms with Crippen molar-refractivity contribution in [3.05, 3.63) is 40.1 Å². The molecule has 0 aliphatic rings. The van der Waals surface area contributed by atoms with E-state index in [-0.39, 0.29) is 0 Å². The molecule has 0 aliphatic carbocycles. The summed E-state index contributed by atoms with van der Waals surface area (Å²) in [6.45, 7) is 0. The van der Waals surface area contributed by atoms with Crippen LogP contribution in [-0.2, 0) is 0 Å². The van der Waals surface area contributed by atoms with Crippen molar-refractivity contribution in [2.45, 2.75) is 0 Å². The summed E-state index contributed by atoms with van der Waals surface area (Å²) in [5.41, 5.74) is 2.54. The number of rotatable bonds is 3. The first-order chi connectivity index (χ1) is 9.72. The molecule has 4 nitrogen and oxygen atoms in total. The Morgan fingerprint density at radius 2 is 1.80 bits per heavy atom. The second-order valence-electron chi connectivity index (χ2n) is 4.20. The molecule has 0 spiro atoms. The van der Waals surface area contributed by atoms with Gasteiger partial charge in [-0.2, -0.15) is 0 Å². The topological polar surface area (TPSA) is 44.5 Å². The molecule has 0 aliphatic heterocycles. The lowest BCUT2D eigenvalue weighted by Gasteiger charge is -2.07. The summed E-state index contributed by atoms with van der Waals surface area (Å²) in [5.74, 6) is 2.23. The number of benzene rings is 1. The standard InChI is InChI=1S/C15H12INO3/c1-18-10-6-9(7-11(8-10)19-2)15-13(16)14-12(20-15)4-3-5-17-14/h3-8H,1-2H3. The molecule has 3 rings (SSSR count). The molecule has 0 saturated heterocycles. The van der Waals surface area contributed by atoms with Gasteiger partial charge in [0.05, 0.1) is 17.8 Å². The average molecular weight is 381 g/mol. The van der Waals surface area contributed by atoms with E-state index >= 15 is 0 Å². The number of hydrogen-bond acceptors (Lipinski definition) is 4.